The molecule has 84 valence electrons. The van der Waals surface area contributed by atoms with Crippen molar-refractivity contribution < 1.29 is 0 Å². The van der Waals surface area contributed by atoms with E-state index in [9.17, 15) is 0 Å². The van der Waals surface area contributed by atoms with Crippen LogP contribution in [0.4, 0.5) is 0 Å². The summed E-state index contributed by atoms with van der Waals surface area (Å²) in [7, 11) is 2.19. The van der Waals surface area contributed by atoms with E-state index in [1.807, 2.05) is 0 Å². The van der Waals surface area contributed by atoms with Gasteiger partial charge in [0.1, 0.15) is 6.17 Å². The monoisotopic (exact) mass is 207 g/mol. The van der Waals surface area contributed by atoms with Gasteiger partial charge in [0, 0.05) is 38.9 Å². The summed E-state index contributed by atoms with van der Waals surface area (Å²) in [5.41, 5.74) is 2.80. The summed E-state index contributed by atoms with van der Waals surface area (Å²) >= 11 is 0. The Labute approximate surface area is 92.4 Å². The van der Waals surface area contributed by atoms with E-state index in [0.29, 0.717) is 6.17 Å². The van der Waals surface area contributed by atoms with Crippen LogP contribution in [-0.2, 0) is 0 Å². The van der Waals surface area contributed by atoms with Gasteiger partial charge in [0.15, 0.2) is 0 Å². The maximum absolute atomic E-state index is 3.40. The van der Waals surface area contributed by atoms with Gasteiger partial charge >= 0.3 is 0 Å². The normalized spacial score (nSPS) is 28.7. The summed E-state index contributed by atoms with van der Waals surface area (Å²) < 4.78 is 0. The molecule has 1 N–H and O–H groups in total. The quantitative estimate of drug-likeness (QED) is 0.692. The van der Waals surface area contributed by atoms with E-state index in [1.54, 1.807) is 0 Å². The van der Waals surface area contributed by atoms with E-state index in [2.05, 4.69) is 48.2 Å². The zero-order valence-electron chi connectivity index (χ0n) is 9.95. The Hall–Kier alpha value is -0.800. The second-order valence-electron chi connectivity index (χ2n) is 4.49. The number of nitrogens with zero attached hydrogens (tertiary/aromatic N) is 2. The standard InChI is InChI=1S/C12H21N3/c1-10-4-5-11(2)14(3)12(10)15-8-6-13-7-9-15/h4-5,12-13H,6-9H2,1-3H3. The lowest BCUT2D eigenvalue weighted by Crippen LogP contribution is -2.54. The molecule has 15 heavy (non-hydrogen) atoms. The zero-order chi connectivity index (χ0) is 10.8. The van der Waals surface area contributed by atoms with Crippen LogP contribution in [0.3, 0.4) is 0 Å². The summed E-state index contributed by atoms with van der Waals surface area (Å²) in [6.45, 7) is 8.92. The molecule has 0 aromatic heterocycles. The third-order valence-electron chi connectivity index (χ3n) is 3.42. The maximum atomic E-state index is 3.40. The van der Waals surface area contributed by atoms with Gasteiger partial charge in [-0.05, 0) is 25.5 Å². The Bertz CT molecular complexity index is 287. The van der Waals surface area contributed by atoms with E-state index < -0.39 is 0 Å². The molecule has 0 amide bonds. The number of likely N-dealkylation sites (N-methyl/N-ethyl adjacent to an activating group) is 1. The van der Waals surface area contributed by atoms with E-state index >= 15 is 0 Å². The average molecular weight is 207 g/mol. The molecule has 2 aliphatic heterocycles. The van der Waals surface area contributed by atoms with Gasteiger partial charge in [0.2, 0.25) is 0 Å². The highest BCUT2D eigenvalue weighted by atomic mass is 15.4. The van der Waals surface area contributed by atoms with E-state index in [4.69, 9.17) is 0 Å². The van der Waals surface area contributed by atoms with E-state index in [1.165, 1.54) is 11.3 Å². The molecular formula is C12H21N3. The Morgan fingerprint density at radius 3 is 2.53 bits per heavy atom. The van der Waals surface area contributed by atoms with Crippen molar-refractivity contribution in [1.82, 2.24) is 15.1 Å². The molecule has 1 saturated heterocycles. The molecule has 1 unspecified atom stereocenters. The van der Waals surface area contributed by atoms with Crippen molar-refractivity contribution in [3.63, 3.8) is 0 Å². The molecule has 3 heteroatoms. The fraction of sp³-hybridized carbons (Fsp3) is 0.667. The van der Waals surface area contributed by atoms with Crippen LogP contribution < -0.4 is 5.32 Å². The number of nitrogens with one attached hydrogen (secondary N) is 1. The number of allylic oxidation sites excluding steroid dienone is 3. The minimum atomic E-state index is 0.470. The van der Waals surface area contributed by atoms with Crippen LogP contribution in [0, 0.1) is 0 Å². The highest BCUT2D eigenvalue weighted by molar-refractivity contribution is 5.25. The summed E-state index contributed by atoms with van der Waals surface area (Å²) in [5, 5.41) is 3.40. The van der Waals surface area contributed by atoms with Crippen LogP contribution in [0.5, 0.6) is 0 Å². The highest BCUT2D eigenvalue weighted by Gasteiger charge is 2.27. The Morgan fingerprint density at radius 2 is 1.87 bits per heavy atom. The first-order valence-electron chi connectivity index (χ1n) is 5.73. The van der Waals surface area contributed by atoms with Gasteiger partial charge in [0.05, 0.1) is 0 Å². The number of hydrogen-bond acceptors (Lipinski definition) is 3. The molecular weight excluding hydrogens is 186 g/mol. The second-order valence-corrected chi connectivity index (χ2v) is 4.49. The van der Waals surface area contributed by atoms with Crippen LogP contribution in [0.25, 0.3) is 0 Å². The Kier molecular flexibility index (Phi) is 3.12. The first-order valence-corrected chi connectivity index (χ1v) is 5.73. The number of rotatable bonds is 1. The molecule has 2 heterocycles. The lowest BCUT2D eigenvalue weighted by Gasteiger charge is -2.43. The Morgan fingerprint density at radius 1 is 1.20 bits per heavy atom. The molecule has 3 nitrogen and oxygen atoms in total. The van der Waals surface area contributed by atoms with Crippen LogP contribution in [0.15, 0.2) is 23.4 Å². The molecule has 1 fully saturated rings. The molecule has 1 atom stereocenters. The van der Waals surface area contributed by atoms with Gasteiger partial charge in [-0.2, -0.15) is 0 Å². The molecule has 0 aromatic carbocycles. The lowest BCUT2D eigenvalue weighted by molar-refractivity contribution is 0.0965. The first kappa shape index (κ1) is 10.7. The second kappa shape index (κ2) is 4.37. The van der Waals surface area contributed by atoms with Crippen molar-refractivity contribution in [1.29, 1.82) is 0 Å². The minimum Gasteiger partial charge on any atom is -0.359 e. The number of piperazine rings is 1. The fourth-order valence-corrected chi connectivity index (χ4v) is 2.41. The molecule has 0 aromatic rings. The van der Waals surface area contributed by atoms with Crippen molar-refractivity contribution in [2.24, 2.45) is 0 Å². The van der Waals surface area contributed by atoms with Crippen molar-refractivity contribution in [3.8, 4) is 0 Å². The highest BCUT2D eigenvalue weighted by Crippen LogP contribution is 2.22. The first-order chi connectivity index (χ1) is 7.20. The predicted molar refractivity (Wildman–Crippen MR) is 63.5 cm³/mol. The van der Waals surface area contributed by atoms with Crippen molar-refractivity contribution >= 4 is 0 Å². The third kappa shape index (κ3) is 2.08. The SMILES string of the molecule is CC1=CC=C(C)N(C)C1N1CCNCC1. The lowest BCUT2D eigenvalue weighted by atomic mass is 10.1. The Balaban J connectivity index is 2.13. The van der Waals surface area contributed by atoms with Gasteiger partial charge in [-0.1, -0.05) is 6.08 Å². The molecule has 0 aliphatic carbocycles. The fourth-order valence-electron chi connectivity index (χ4n) is 2.41. The topological polar surface area (TPSA) is 18.5 Å². The summed E-state index contributed by atoms with van der Waals surface area (Å²) in [5.74, 6) is 0. The largest absolute Gasteiger partial charge is 0.359 e. The van der Waals surface area contributed by atoms with Crippen LogP contribution >= 0.6 is 0 Å². The van der Waals surface area contributed by atoms with Gasteiger partial charge in [-0.3, -0.25) is 4.90 Å². The molecule has 0 saturated carbocycles. The van der Waals surface area contributed by atoms with Crippen LogP contribution in [-0.4, -0.2) is 49.2 Å². The van der Waals surface area contributed by atoms with Gasteiger partial charge in [-0.15, -0.1) is 0 Å². The average Bonchev–Trinajstić information content (AvgIpc) is 2.26. The predicted octanol–water partition coefficient (Wildman–Crippen LogP) is 1.01. The summed E-state index contributed by atoms with van der Waals surface area (Å²) in [6, 6.07) is 0. The van der Waals surface area contributed by atoms with Gasteiger partial charge < -0.3 is 10.2 Å². The smallest absolute Gasteiger partial charge is 0.104 e. The molecule has 0 bridgehead atoms. The molecule has 0 radical (unpaired) electrons. The summed E-state index contributed by atoms with van der Waals surface area (Å²) in [4.78, 5) is 4.93. The molecule has 2 aliphatic rings. The van der Waals surface area contributed by atoms with Crippen LogP contribution in [0.1, 0.15) is 13.8 Å². The van der Waals surface area contributed by atoms with Crippen molar-refractivity contribution in [2.45, 2.75) is 20.0 Å². The summed E-state index contributed by atoms with van der Waals surface area (Å²) in [6.07, 6.45) is 4.92. The van der Waals surface area contributed by atoms with E-state index in [-0.39, 0.29) is 0 Å². The number of hydrogen-bond donors (Lipinski definition) is 1. The zero-order valence-corrected chi connectivity index (χ0v) is 9.95. The molecule has 0 spiro atoms. The third-order valence-corrected chi connectivity index (χ3v) is 3.42. The van der Waals surface area contributed by atoms with Crippen LogP contribution in [0.2, 0.25) is 0 Å². The molecule has 2 rings (SSSR count). The maximum Gasteiger partial charge on any atom is 0.104 e. The minimum absolute atomic E-state index is 0.470. The van der Waals surface area contributed by atoms with Crippen molar-refractivity contribution in [3.05, 3.63) is 23.4 Å². The van der Waals surface area contributed by atoms with Gasteiger partial charge in [-0.25, -0.2) is 0 Å². The van der Waals surface area contributed by atoms with Crippen molar-refractivity contribution in [2.75, 3.05) is 33.2 Å². The van der Waals surface area contributed by atoms with Gasteiger partial charge in [0.25, 0.3) is 0 Å². The van der Waals surface area contributed by atoms with E-state index in [0.717, 1.165) is 26.2 Å².